The van der Waals surface area contributed by atoms with Crippen molar-refractivity contribution in [2.75, 3.05) is 5.73 Å². The zero-order chi connectivity index (χ0) is 14.2. The molecule has 0 aliphatic carbocycles. The van der Waals surface area contributed by atoms with Crippen molar-refractivity contribution in [2.45, 2.75) is 27.7 Å². The van der Waals surface area contributed by atoms with E-state index in [2.05, 4.69) is 9.97 Å². The van der Waals surface area contributed by atoms with Gasteiger partial charge in [-0.3, -0.25) is 0 Å². The van der Waals surface area contributed by atoms with E-state index in [0.29, 0.717) is 22.5 Å². The highest BCUT2D eigenvalue weighted by Crippen LogP contribution is 2.32. The van der Waals surface area contributed by atoms with Crippen molar-refractivity contribution < 1.29 is 4.74 Å². The van der Waals surface area contributed by atoms with E-state index < -0.39 is 0 Å². The maximum absolute atomic E-state index is 6.01. The minimum atomic E-state index is 0.437. The summed E-state index contributed by atoms with van der Waals surface area (Å²) in [5.74, 6) is 2.26. The van der Waals surface area contributed by atoms with Gasteiger partial charge in [0.2, 0.25) is 5.88 Å². The van der Waals surface area contributed by atoms with Gasteiger partial charge >= 0.3 is 0 Å². The van der Waals surface area contributed by atoms with Crippen LogP contribution in [-0.4, -0.2) is 9.97 Å². The number of benzene rings is 1. The molecule has 1 aromatic heterocycles. The summed E-state index contributed by atoms with van der Waals surface area (Å²) in [6.45, 7) is 7.51. The van der Waals surface area contributed by atoms with Gasteiger partial charge in [-0.05, 0) is 51.0 Å². The molecule has 0 saturated carbocycles. The van der Waals surface area contributed by atoms with E-state index in [1.54, 1.807) is 6.92 Å². The highest BCUT2D eigenvalue weighted by Gasteiger charge is 2.12. The third-order valence-electron chi connectivity index (χ3n) is 2.87. The van der Waals surface area contributed by atoms with Crippen molar-refractivity contribution in [1.29, 1.82) is 0 Å². The first-order valence-electron chi connectivity index (χ1n) is 5.94. The molecular weight excluding hydrogens is 262 g/mol. The molecule has 4 nitrogen and oxygen atoms in total. The van der Waals surface area contributed by atoms with E-state index in [0.717, 1.165) is 22.4 Å². The number of hydrogen-bond acceptors (Lipinski definition) is 4. The van der Waals surface area contributed by atoms with E-state index in [1.807, 2.05) is 32.9 Å². The molecule has 0 spiro atoms. The number of aromatic nitrogens is 2. The number of halogens is 1. The number of anilines is 1. The molecule has 1 aromatic carbocycles. The van der Waals surface area contributed by atoms with Crippen molar-refractivity contribution in [3.8, 4) is 11.6 Å². The van der Waals surface area contributed by atoms with Crippen LogP contribution in [0.3, 0.4) is 0 Å². The summed E-state index contributed by atoms with van der Waals surface area (Å²) in [6, 6.07) is 3.72. The van der Waals surface area contributed by atoms with Crippen molar-refractivity contribution in [3.05, 3.63) is 39.7 Å². The molecule has 0 amide bonds. The highest BCUT2D eigenvalue weighted by molar-refractivity contribution is 6.30. The smallest absolute Gasteiger partial charge is 0.227 e. The van der Waals surface area contributed by atoms with Crippen LogP contribution in [0.25, 0.3) is 0 Å². The fourth-order valence-electron chi connectivity index (χ4n) is 1.88. The van der Waals surface area contributed by atoms with E-state index >= 15 is 0 Å². The zero-order valence-corrected chi connectivity index (χ0v) is 12.2. The molecule has 5 heteroatoms. The second-order valence-corrected chi connectivity index (χ2v) is 4.99. The van der Waals surface area contributed by atoms with Gasteiger partial charge in [0.1, 0.15) is 17.4 Å². The molecule has 100 valence electrons. The van der Waals surface area contributed by atoms with Crippen LogP contribution in [0.15, 0.2) is 12.1 Å². The number of nitrogen functional groups attached to an aromatic ring is 1. The molecule has 0 radical (unpaired) electrons. The summed E-state index contributed by atoms with van der Waals surface area (Å²) in [5.41, 5.74) is 8.47. The lowest BCUT2D eigenvalue weighted by Crippen LogP contribution is -2.03. The molecule has 2 rings (SSSR count). The lowest BCUT2D eigenvalue weighted by atomic mass is 10.1. The van der Waals surface area contributed by atoms with Crippen LogP contribution in [0.4, 0.5) is 5.82 Å². The standard InChI is InChI=1S/C14H16ClN3O/c1-7-5-11(15)6-8(2)12(7)19-14-9(3)13(16)17-10(4)18-14/h5-6H,1-4H3,(H2,16,17,18). The lowest BCUT2D eigenvalue weighted by Gasteiger charge is -2.14. The number of hydrogen-bond donors (Lipinski definition) is 1. The third kappa shape index (κ3) is 2.79. The summed E-state index contributed by atoms with van der Waals surface area (Å²) in [6.07, 6.45) is 0. The molecule has 0 bridgehead atoms. The number of nitrogens with zero attached hydrogens (tertiary/aromatic N) is 2. The average molecular weight is 278 g/mol. The molecular formula is C14H16ClN3O. The van der Waals surface area contributed by atoms with E-state index in [4.69, 9.17) is 22.1 Å². The van der Waals surface area contributed by atoms with E-state index in [1.165, 1.54) is 0 Å². The SMILES string of the molecule is Cc1nc(N)c(C)c(Oc2c(C)cc(Cl)cc2C)n1. The summed E-state index contributed by atoms with van der Waals surface area (Å²) >= 11 is 6.01. The van der Waals surface area contributed by atoms with Gasteiger partial charge < -0.3 is 10.5 Å². The van der Waals surface area contributed by atoms with Gasteiger partial charge in [0.25, 0.3) is 0 Å². The minimum Gasteiger partial charge on any atom is -0.438 e. The summed E-state index contributed by atoms with van der Waals surface area (Å²) < 4.78 is 5.90. The molecule has 0 aliphatic rings. The molecule has 2 aromatic rings. The molecule has 0 unspecified atom stereocenters. The third-order valence-corrected chi connectivity index (χ3v) is 3.09. The number of aryl methyl sites for hydroxylation is 3. The fraction of sp³-hybridized carbons (Fsp3) is 0.286. The largest absolute Gasteiger partial charge is 0.438 e. The van der Waals surface area contributed by atoms with Crippen molar-refractivity contribution >= 4 is 17.4 Å². The fourth-order valence-corrected chi connectivity index (χ4v) is 2.21. The van der Waals surface area contributed by atoms with Gasteiger partial charge in [0.15, 0.2) is 0 Å². The molecule has 2 N–H and O–H groups in total. The van der Waals surface area contributed by atoms with Crippen molar-refractivity contribution in [1.82, 2.24) is 9.97 Å². The number of ether oxygens (including phenoxy) is 1. The van der Waals surface area contributed by atoms with Gasteiger partial charge in [-0.2, -0.15) is 4.98 Å². The van der Waals surface area contributed by atoms with Crippen LogP contribution in [0.2, 0.25) is 5.02 Å². The highest BCUT2D eigenvalue weighted by atomic mass is 35.5. The number of nitrogens with two attached hydrogens (primary N) is 1. The number of rotatable bonds is 2. The Labute approximate surface area is 117 Å². The van der Waals surface area contributed by atoms with Gasteiger partial charge in [-0.15, -0.1) is 0 Å². The molecule has 19 heavy (non-hydrogen) atoms. The van der Waals surface area contributed by atoms with Crippen molar-refractivity contribution in [3.63, 3.8) is 0 Å². The van der Waals surface area contributed by atoms with Crippen LogP contribution in [0.1, 0.15) is 22.5 Å². The van der Waals surface area contributed by atoms with E-state index in [-0.39, 0.29) is 0 Å². The second kappa shape index (κ2) is 5.05. The Balaban J connectivity index is 2.48. The minimum absolute atomic E-state index is 0.437. The molecule has 0 aliphatic heterocycles. The maximum atomic E-state index is 6.01. The van der Waals surface area contributed by atoms with Gasteiger partial charge in [-0.25, -0.2) is 4.98 Å². The second-order valence-electron chi connectivity index (χ2n) is 4.56. The molecule has 1 heterocycles. The van der Waals surface area contributed by atoms with Crippen LogP contribution < -0.4 is 10.5 Å². The molecule has 0 atom stereocenters. The maximum Gasteiger partial charge on any atom is 0.227 e. The van der Waals surface area contributed by atoms with Crippen LogP contribution >= 0.6 is 11.6 Å². The predicted molar refractivity (Wildman–Crippen MR) is 76.9 cm³/mol. The van der Waals surface area contributed by atoms with E-state index in [9.17, 15) is 0 Å². The quantitative estimate of drug-likeness (QED) is 0.908. The topological polar surface area (TPSA) is 61.0 Å². The molecule has 0 saturated heterocycles. The summed E-state index contributed by atoms with van der Waals surface area (Å²) in [5, 5.41) is 0.692. The lowest BCUT2D eigenvalue weighted by molar-refractivity contribution is 0.449. The Kier molecular flexibility index (Phi) is 3.62. The predicted octanol–water partition coefficient (Wildman–Crippen LogP) is 3.74. The van der Waals surface area contributed by atoms with Crippen LogP contribution in [0, 0.1) is 27.7 Å². The van der Waals surface area contributed by atoms with Crippen LogP contribution in [0.5, 0.6) is 11.6 Å². The normalized spacial score (nSPS) is 10.6. The zero-order valence-electron chi connectivity index (χ0n) is 11.4. The first-order valence-corrected chi connectivity index (χ1v) is 6.31. The first-order chi connectivity index (χ1) is 8.88. The van der Waals surface area contributed by atoms with Gasteiger partial charge in [-0.1, -0.05) is 11.6 Å². The van der Waals surface area contributed by atoms with Gasteiger partial charge in [0, 0.05) is 5.02 Å². The Hall–Kier alpha value is -1.81. The summed E-state index contributed by atoms with van der Waals surface area (Å²) in [4.78, 5) is 8.39. The Morgan fingerprint density at radius 2 is 1.63 bits per heavy atom. The Morgan fingerprint density at radius 1 is 1.05 bits per heavy atom. The Bertz CT molecular complexity index is 618. The monoisotopic (exact) mass is 277 g/mol. The first kappa shape index (κ1) is 13.6. The summed E-state index contributed by atoms with van der Waals surface area (Å²) in [7, 11) is 0. The Morgan fingerprint density at radius 3 is 2.21 bits per heavy atom. The van der Waals surface area contributed by atoms with Crippen LogP contribution in [-0.2, 0) is 0 Å². The van der Waals surface area contributed by atoms with Gasteiger partial charge in [0.05, 0.1) is 5.56 Å². The van der Waals surface area contributed by atoms with Crippen molar-refractivity contribution in [2.24, 2.45) is 0 Å². The molecule has 0 fully saturated rings. The average Bonchev–Trinajstić information content (AvgIpc) is 2.29.